The molecule has 0 radical (unpaired) electrons. The molecule has 1 heterocycles. The molecule has 106 valence electrons. The van der Waals surface area contributed by atoms with Gasteiger partial charge in [-0.25, -0.2) is 0 Å². The fourth-order valence-electron chi connectivity index (χ4n) is 2.17. The first-order valence-electron chi connectivity index (χ1n) is 6.16. The molecule has 4 unspecified atom stereocenters. The van der Waals surface area contributed by atoms with Gasteiger partial charge in [-0.3, -0.25) is 0 Å². The fraction of sp³-hybridized carbons (Fsp3) is 0.538. The van der Waals surface area contributed by atoms with Crippen LogP contribution in [0.5, 0.6) is 5.75 Å². The van der Waals surface area contributed by atoms with Gasteiger partial charge in [0.2, 0.25) is 0 Å². The van der Waals surface area contributed by atoms with E-state index in [-0.39, 0.29) is 12.6 Å². The van der Waals surface area contributed by atoms with Crippen LogP contribution in [0.15, 0.2) is 29.2 Å². The number of hydrogen-bond donors (Lipinski definition) is 4. The van der Waals surface area contributed by atoms with Gasteiger partial charge in [-0.2, -0.15) is 0 Å². The molecule has 0 aromatic heterocycles. The summed E-state index contributed by atoms with van der Waals surface area (Å²) in [5.74, 6) is 1.38. The number of aliphatic hydroxyl groups is 3. The van der Waals surface area contributed by atoms with E-state index >= 15 is 0 Å². The van der Waals surface area contributed by atoms with E-state index in [4.69, 9.17) is 9.84 Å². The third kappa shape index (κ3) is 3.21. The Bertz CT molecular complexity index is 417. The molecule has 5 nitrogen and oxygen atoms in total. The topological polar surface area (TPSA) is 82.0 Å². The highest BCUT2D eigenvalue weighted by atomic mass is 32.2. The lowest BCUT2D eigenvalue weighted by atomic mass is 10.1. The first kappa shape index (κ1) is 14.6. The molecular formula is C13H19NO4S. The van der Waals surface area contributed by atoms with E-state index in [1.807, 2.05) is 24.3 Å². The van der Waals surface area contributed by atoms with Crippen molar-refractivity contribution in [3.05, 3.63) is 24.3 Å². The molecule has 2 rings (SSSR count). The van der Waals surface area contributed by atoms with Crippen molar-refractivity contribution in [2.75, 3.05) is 19.5 Å². The molecule has 1 aromatic carbocycles. The molecular weight excluding hydrogens is 266 g/mol. The van der Waals surface area contributed by atoms with Gasteiger partial charge in [0.25, 0.3) is 0 Å². The van der Waals surface area contributed by atoms with Crippen molar-refractivity contribution in [3.8, 4) is 5.75 Å². The largest absolute Gasteiger partial charge is 0.496 e. The highest BCUT2D eigenvalue weighted by molar-refractivity contribution is 7.99. The van der Waals surface area contributed by atoms with E-state index in [9.17, 15) is 10.2 Å². The number of ether oxygens (including phenoxy) is 1. The van der Waals surface area contributed by atoms with E-state index in [0.717, 1.165) is 10.6 Å². The van der Waals surface area contributed by atoms with Crippen LogP contribution in [0, 0.1) is 0 Å². The molecule has 0 spiro atoms. The number of nitrogens with one attached hydrogen (secondary N) is 1. The smallest absolute Gasteiger partial charge is 0.132 e. The van der Waals surface area contributed by atoms with Gasteiger partial charge in [0.05, 0.1) is 32.0 Å². The Labute approximate surface area is 116 Å². The van der Waals surface area contributed by atoms with Gasteiger partial charge >= 0.3 is 0 Å². The second-order valence-electron chi connectivity index (χ2n) is 4.51. The summed E-state index contributed by atoms with van der Waals surface area (Å²) in [6.07, 6.45) is -1.78. The molecule has 0 saturated carbocycles. The van der Waals surface area contributed by atoms with Crippen molar-refractivity contribution in [3.63, 3.8) is 0 Å². The van der Waals surface area contributed by atoms with Gasteiger partial charge in [-0.15, -0.1) is 11.8 Å². The van der Waals surface area contributed by atoms with Crippen molar-refractivity contribution in [1.29, 1.82) is 0 Å². The molecule has 4 N–H and O–H groups in total. The molecule has 0 bridgehead atoms. The predicted molar refractivity (Wildman–Crippen MR) is 73.5 cm³/mol. The van der Waals surface area contributed by atoms with Gasteiger partial charge in [-0.05, 0) is 12.1 Å². The van der Waals surface area contributed by atoms with Gasteiger partial charge in [-0.1, -0.05) is 12.1 Å². The summed E-state index contributed by atoms with van der Waals surface area (Å²) in [5.41, 5.74) is 0. The minimum Gasteiger partial charge on any atom is -0.496 e. The summed E-state index contributed by atoms with van der Waals surface area (Å²) in [6.45, 7) is -0.186. The van der Waals surface area contributed by atoms with Crippen LogP contribution in [0.25, 0.3) is 0 Å². The van der Waals surface area contributed by atoms with E-state index in [0.29, 0.717) is 5.75 Å². The number of thioether (sulfide) groups is 1. The van der Waals surface area contributed by atoms with Gasteiger partial charge < -0.3 is 25.4 Å². The first-order chi connectivity index (χ1) is 9.17. The van der Waals surface area contributed by atoms with Crippen LogP contribution < -0.4 is 10.1 Å². The summed E-state index contributed by atoms with van der Waals surface area (Å²) < 4.78 is 5.26. The number of hydrogen-bond acceptors (Lipinski definition) is 6. The molecule has 1 aliphatic rings. The van der Waals surface area contributed by atoms with Gasteiger partial charge in [0, 0.05) is 16.7 Å². The Morgan fingerprint density at radius 2 is 1.89 bits per heavy atom. The number of para-hydroxylation sites is 1. The quantitative estimate of drug-likeness (QED) is 0.563. The maximum absolute atomic E-state index is 9.90. The van der Waals surface area contributed by atoms with Crippen molar-refractivity contribution in [2.45, 2.75) is 29.2 Å². The van der Waals surface area contributed by atoms with Gasteiger partial charge in [0.15, 0.2) is 0 Å². The maximum Gasteiger partial charge on any atom is 0.132 e. The Balaban J connectivity index is 1.96. The first-order valence-corrected chi connectivity index (χ1v) is 7.14. The molecule has 6 heteroatoms. The highest BCUT2D eigenvalue weighted by Crippen LogP contribution is 2.30. The number of benzene rings is 1. The van der Waals surface area contributed by atoms with Crippen LogP contribution in [-0.2, 0) is 0 Å². The second kappa shape index (κ2) is 6.58. The zero-order chi connectivity index (χ0) is 13.8. The lowest BCUT2D eigenvalue weighted by molar-refractivity contribution is 0.0219. The van der Waals surface area contributed by atoms with Gasteiger partial charge in [0.1, 0.15) is 5.75 Å². The molecule has 19 heavy (non-hydrogen) atoms. The zero-order valence-electron chi connectivity index (χ0n) is 10.7. The lowest BCUT2D eigenvalue weighted by Gasteiger charge is -2.16. The molecule has 1 saturated heterocycles. The molecule has 0 amide bonds. The Morgan fingerprint density at radius 1 is 1.21 bits per heavy atom. The monoisotopic (exact) mass is 285 g/mol. The van der Waals surface area contributed by atoms with E-state index in [1.54, 1.807) is 18.9 Å². The Morgan fingerprint density at radius 3 is 2.53 bits per heavy atom. The van der Waals surface area contributed by atoms with Crippen molar-refractivity contribution >= 4 is 11.8 Å². The van der Waals surface area contributed by atoms with Crippen LogP contribution in [-0.4, -0.2) is 59.1 Å². The van der Waals surface area contributed by atoms with Crippen molar-refractivity contribution in [1.82, 2.24) is 5.32 Å². The van der Waals surface area contributed by atoms with E-state index < -0.39 is 18.2 Å². The van der Waals surface area contributed by atoms with E-state index in [1.165, 1.54) is 0 Å². The fourth-order valence-corrected chi connectivity index (χ4v) is 3.29. The maximum atomic E-state index is 9.90. The molecule has 4 atom stereocenters. The summed E-state index contributed by atoms with van der Waals surface area (Å²) >= 11 is 1.55. The number of aliphatic hydroxyl groups excluding tert-OH is 3. The minimum atomic E-state index is -0.923. The summed E-state index contributed by atoms with van der Waals surface area (Å²) in [7, 11) is 1.62. The lowest BCUT2D eigenvalue weighted by Crippen LogP contribution is -2.37. The SMILES string of the molecule is COc1ccccc1SCC1NC(CO)C(O)C1O. The third-order valence-electron chi connectivity index (χ3n) is 3.29. The van der Waals surface area contributed by atoms with Crippen LogP contribution in [0.1, 0.15) is 0 Å². The van der Waals surface area contributed by atoms with Crippen LogP contribution in [0.2, 0.25) is 0 Å². The second-order valence-corrected chi connectivity index (χ2v) is 5.57. The summed E-state index contributed by atoms with van der Waals surface area (Å²) in [4.78, 5) is 0.987. The zero-order valence-corrected chi connectivity index (χ0v) is 11.5. The number of methoxy groups -OCH3 is 1. The molecule has 1 aromatic rings. The molecule has 1 fully saturated rings. The normalized spacial score (nSPS) is 30.5. The van der Waals surface area contributed by atoms with Crippen LogP contribution in [0.4, 0.5) is 0 Å². The average Bonchev–Trinajstić information content (AvgIpc) is 2.73. The number of rotatable bonds is 5. The standard InChI is InChI=1S/C13H19NO4S/c1-18-10-4-2-3-5-11(10)19-7-9-13(17)12(16)8(6-15)14-9/h2-5,8-9,12-17H,6-7H2,1H3. The molecule has 1 aliphatic heterocycles. The minimum absolute atomic E-state index is 0.186. The summed E-state index contributed by atoms with van der Waals surface area (Å²) in [5, 5.41) is 31.7. The predicted octanol–water partition coefficient (Wildman–Crippen LogP) is -0.158. The Hall–Kier alpha value is -0.790. The third-order valence-corrected chi connectivity index (χ3v) is 4.46. The van der Waals surface area contributed by atoms with E-state index in [2.05, 4.69) is 5.32 Å². The average molecular weight is 285 g/mol. The summed E-state index contributed by atoms with van der Waals surface area (Å²) in [6, 6.07) is 6.95. The van der Waals surface area contributed by atoms with Crippen molar-refractivity contribution < 1.29 is 20.1 Å². The Kier molecular flexibility index (Phi) is 5.06. The van der Waals surface area contributed by atoms with Crippen LogP contribution in [0.3, 0.4) is 0 Å². The molecule has 0 aliphatic carbocycles. The van der Waals surface area contributed by atoms with Crippen molar-refractivity contribution in [2.24, 2.45) is 0 Å². The highest BCUT2D eigenvalue weighted by Gasteiger charge is 2.40. The van der Waals surface area contributed by atoms with Crippen LogP contribution >= 0.6 is 11.8 Å².